The van der Waals surface area contributed by atoms with Crippen LogP contribution < -0.4 is 10.4 Å². The van der Waals surface area contributed by atoms with Gasteiger partial charge in [0.15, 0.2) is 0 Å². The quantitative estimate of drug-likeness (QED) is 0.644. The fourth-order valence-corrected chi connectivity index (χ4v) is 1.88. The fraction of sp³-hybridized carbons (Fsp3) is 0.364. The van der Waals surface area contributed by atoms with Crippen molar-refractivity contribution in [1.29, 1.82) is 5.26 Å². The molecule has 1 aliphatic rings. The average Bonchev–Trinajstić information content (AvgIpc) is 2.39. The van der Waals surface area contributed by atoms with Gasteiger partial charge in [0.2, 0.25) is 0 Å². The van der Waals surface area contributed by atoms with Crippen molar-refractivity contribution in [2.75, 3.05) is 31.2 Å². The lowest BCUT2D eigenvalue weighted by atomic mass is 9.77. The molecule has 1 aliphatic heterocycles. The number of hydrogen-bond acceptors (Lipinski definition) is 5. The van der Waals surface area contributed by atoms with E-state index in [-0.39, 0.29) is 5.46 Å². The van der Waals surface area contributed by atoms with Crippen molar-refractivity contribution in [3.05, 3.63) is 23.8 Å². The van der Waals surface area contributed by atoms with E-state index in [0.29, 0.717) is 18.8 Å². The van der Waals surface area contributed by atoms with E-state index in [9.17, 15) is 0 Å². The zero-order valence-electron chi connectivity index (χ0n) is 9.33. The number of nitriles is 1. The van der Waals surface area contributed by atoms with Gasteiger partial charge in [-0.1, -0.05) is 6.07 Å². The Morgan fingerprint density at radius 2 is 2.00 bits per heavy atom. The summed E-state index contributed by atoms with van der Waals surface area (Å²) < 4.78 is 5.25. The number of benzene rings is 1. The van der Waals surface area contributed by atoms with Gasteiger partial charge in [-0.2, -0.15) is 5.26 Å². The molecular weight excluding hydrogens is 219 g/mol. The van der Waals surface area contributed by atoms with Crippen LogP contribution in [0.5, 0.6) is 0 Å². The van der Waals surface area contributed by atoms with E-state index < -0.39 is 7.12 Å². The summed E-state index contributed by atoms with van der Waals surface area (Å²) in [6.45, 7) is 2.91. The molecule has 0 spiro atoms. The standard InChI is InChI=1S/C11H13BN2O3/c13-8-9-7-10(1-2-11(9)12(15)16)14-3-5-17-6-4-14/h1-2,7,15-16H,3-6H2. The molecule has 1 aromatic carbocycles. The summed E-state index contributed by atoms with van der Waals surface area (Å²) in [5.74, 6) is 0. The molecular formula is C11H13BN2O3. The van der Waals surface area contributed by atoms with E-state index in [1.165, 1.54) is 0 Å². The maximum Gasteiger partial charge on any atom is 0.489 e. The van der Waals surface area contributed by atoms with E-state index in [1.54, 1.807) is 18.2 Å². The summed E-state index contributed by atoms with van der Waals surface area (Å²) in [5, 5.41) is 27.2. The largest absolute Gasteiger partial charge is 0.489 e. The number of nitrogens with zero attached hydrogens (tertiary/aromatic N) is 2. The Bertz CT molecular complexity index is 439. The van der Waals surface area contributed by atoms with Crippen LogP contribution in [0.1, 0.15) is 5.56 Å². The first-order valence-electron chi connectivity index (χ1n) is 5.45. The molecule has 17 heavy (non-hydrogen) atoms. The van der Waals surface area contributed by atoms with Gasteiger partial charge in [0.05, 0.1) is 24.8 Å². The lowest BCUT2D eigenvalue weighted by molar-refractivity contribution is 0.122. The van der Waals surface area contributed by atoms with Crippen LogP contribution in [0.2, 0.25) is 0 Å². The smallest absolute Gasteiger partial charge is 0.423 e. The number of hydrogen-bond donors (Lipinski definition) is 2. The molecule has 1 fully saturated rings. The van der Waals surface area contributed by atoms with Crippen LogP contribution in [0.15, 0.2) is 18.2 Å². The van der Waals surface area contributed by atoms with Crippen molar-refractivity contribution in [3.8, 4) is 6.07 Å². The Morgan fingerprint density at radius 3 is 2.59 bits per heavy atom. The van der Waals surface area contributed by atoms with Crippen LogP contribution in [0.25, 0.3) is 0 Å². The third-order valence-corrected chi connectivity index (χ3v) is 2.81. The van der Waals surface area contributed by atoms with E-state index in [0.717, 1.165) is 18.8 Å². The molecule has 88 valence electrons. The second-order valence-electron chi connectivity index (χ2n) is 3.86. The second-order valence-corrected chi connectivity index (χ2v) is 3.86. The van der Waals surface area contributed by atoms with Gasteiger partial charge in [-0.15, -0.1) is 0 Å². The normalized spacial score (nSPS) is 15.5. The van der Waals surface area contributed by atoms with Crippen LogP contribution in [0.3, 0.4) is 0 Å². The second kappa shape index (κ2) is 5.19. The van der Waals surface area contributed by atoms with Crippen molar-refractivity contribution in [2.45, 2.75) is 0 Å². The highest BCUT2D eigenvalue weighted by atomic mass is 16.5. The third kappa shape index (κ3) is 2.58. The van der Waals surface area contributed by atoms with Crippen LogP contribution >= 0.6 is 0 Å². The molecule has 5 nitrogen and oxygen atoms in total. The van der Waals surface area contributed by atoms with E-state index in [2.05, 4.69) is 4.90 Å². The fourth-order valence-electron chi connectivity index (χ4n) is 1.88. The summed E-state index contributed by atoms with van der Waals surface area (Å²) in [6.07, 6.45) is 0. The van der Waals surface area contributed by atoms with Crippen LogP contribution in [0, 0.1) is 11.3 Å². The highest BCUT2D eigenvalue weighted by Crippen LogP contribution is 2.16. The van der Waals surface area contributed by atoms with E-state index in [1.807, 2.05) is 6.07 Å². The first-order chi connectivity index (χ1) is 8.22. The molecule has 0 aliphatic carbocycles. The van der Waals surface area contributed by atoms with Gasteiger partial charge in [-0.05, 0) is 17.6 Å². The van der Waals surface area contributed by atoms with Crippen LogP contribution in [-0.4, -0.2) is 43.5 Å². The summed E-state index contributed by atoms with van der Waals surface area (Å²) >= 11 is 0. The molecule has 2 rings (SSSR count). The SMILES string of the molecule is N#Cc1cc(N2CCOCC2)ccc1B(O)O. The lowest BCUT2D eigenvalue weighted by Gasteiger charge is -2.29. The molecule has 1 aromatic rings. The van der Waals surface area contributed by atoms with Gasteiger partial charge >= 0.3 is 7.12 Å². The molecule has 1 heterocycles. The van der Waals surface area contributed by atoms with Gasteiger partial charge in [0.25, 0.3) is 0 Å². The van der Waals surface area contributed by atoms with Crippen molar-refractivity contribution < 1.29 is 14.8 Å². The number of morpholine rings is 1. The zero-order valence-corrected chi connectivity index (χ0v) is 9.33. The third-order valence-electron chi connectivity index (χ3n) is 2.81. The molecule has 6 heteroatoms. The zero-order chi connectivity index (χ0) is 12.3. The number of rotatable bonds is 2. The van der Waals surface area contributed by atoms with Gasteiger partial charge in [-0.3, -0.25) is 0 Å². The Kier molecular flexibility index (Phi) is 3.64. The Morgan fingerprint density at radius 1 is 1.29 bits per heavy atom. The first-order valence-corrected chi connectivity index (χ1v) is 5.45. The minimum Gasteiger partial charge on any atom is -0.423 e. The molecule has 0 radical (unpaired) electrons. The summed E-state index contributed by atoms with van der Waals surface area (Å²) in [5.41, 5.74) is 1.45. The molecule has 0 atom stereocenters. The number of anilines is 1. The average molecular weight is 232 g/mol. The lowest BCUT2D eigenvalue weighted by Crippen LogP contribution is -2.37. The highest BCUT2D eigenvalue weighted by Gasteiger charge is 2.18. The van der Waals surface area contributed by atoms with Crippen LogP contribution in [0.4, 0.5) is 5.69 Å². The van der Waals surface area contributed by atoms with E-state index >= 15 is 0 Å². The Balaban J connectivity index is 2.28. The van der Waals surface area contributed by atoms with Crippen molar-refractivity contribution in [2.24, 2.45) is 0 Å². The summed E-state index contributed by atoms with van der Waals surface area (Å²) in [7, 11) is -1.61. The monoisotopic (exact) mass is 232 g/mol. The molecule has 2 N–H and O–H groups in total. The van der Waals surface area contributed by atoms with Crippen molar-refractivity contribution >= 4 is 18.3 Å². The highest BCUT2D eigenvalue weighted by molar-refractivity contribution is 6.59. The molecule has 0 amide bonds. The summed E-state index contributed by atoms with van der Waals surface area (Å²) in [6, 6.07) is 7.03. The molecule has 0 saturated carbocycles. The van der Waals surface area contributed by atoms with E-state index in [4.69, 9.17) is 20.0 Å². The first kappa shape index (κ1) is 11.9. The van der Waals surface area contributed by atoms with Gasteiger partial charge < -0.3 is 19.7 Å². The summed E-state index contributed by atoms with van der Waals surface area (Å²) in [4.78, 5) is 2.11. The van der Waals surface area contributed by atoms with Crippen molar-refractivity contribution in [3.63, 3.8) is 0 Å². The maximum atomic E-state index is 9.11. The minimum atomic E-state index is -1.61. The molecule has 0 aromatic heterocycles. The predicted octanol–water partition coefficient (Wildman–Crippen LogP) is -0.925. The predicted molar refractivity (Wildman–Crippen MR) is 64.0 cm³/mol. The Hall–Kier alpha value is -1.55. The van der Waals surface area contributed by atoms with Crippen LogP contribution in [-0.2, 0) is 4.74 Å². The molecule has 0 bridgehead atoms. The molecule has 0 unspecified atom stereocenters. The van der Waals surface area contributed by atoms with Gasteiger partial charge in [-0.25, -0.2) is 0 Å². The maximum absolute atomic E-state index is 9.11. The van der Waals surface area contributed by atoms with Gasteiger partial charge in [0, 0.05) is 18.8 Å². The van der Waals surface area contributed by atoms with Gasteiger partial charge in [0.1, 0.15) is 0 Å². The number of ether oxygens (including phenoxy) is 1. The van der Waals surface area contributed by atoms with Crippen molar-refractivity contribution in [1.82, 2.24) is 0 Å². The minimum absolute atomic E-state index is 0.240. The molecule has 1 saturated heterocycles. The Labute approximate surface area is 100.0 Å². The topological polar surface area (TPSA) is 76.7 Å².